The third kappa shape index (κ3) is 11.3. The van der Waals surface area contributed by atoms with Crippen LogP contribution in [0, 0.1) is 25.2 Å². The zero-order chi connectivity index (χ0) is 37.7. The Bertz CT molecular complexity index is 1890. The minimum atomic E-state index is -0.658. The molecule has 1 aromatic heterocycles. The molecule has 0 aliphatic carbocycles. The molecule has 0 spiro atoms. The van der Waals surface area contributed by atoms with E-state index in [1.54, 1.807) is 18.3 Å². The Hall–Kier alpha value is -3.86. The summed E-state index contributed by atoms with van der Waals surface area (Å²) < 4.78 is 24.4. The van der Waals surface area contributed by atoms with Crippen molar-refractivity contribution in [1.82, 2.24) is 19.7 Å². The second-order valence-corrected chi connectivity index (χ2v) is 15.6. The molecule has 2 N–H and O–H groups in total. The van der Waals surface area contributed by atoms with Crippen LogP contribution in [0.1, 0.15) is 38.9 Å². The Labute approximate surface area is 321 Å². The summed E-state index contributed by atoms with van der Waals surface area (Å²) in [6.07, 6.45) is 3.16. The summed E-state index contributed by atoms with van der Waals surface area (Å²) in [5.41, 5.74) is 9.01. The summed E-state index contributed by atoms with van der Waals surface area (Å²) in [4.78, 5) is 10.8. The van der Waals surface area contributed by atoms with Crippen molar-refractivity contribution in [2.24, 2.45) is 0 Å². The van der Waals surface area contributed by atoms with Crippen molar-refractivity contribution < 1.29 is 23.9 Å². The van der Waals surface area contributed by atoms with Crippen molar-refractivity contribution in [3.05, 3.63) is 111 Å². The Balaban J connectivity index is 1.32. The van der Waals surface area contributed by atoms with Gasteiger partial charge in [0, 0.05) is 104 Å². The molecule has 3 aromatic carbocycles. The van der Waals surface area contributed by atoms with E-state index in [4.69, 9.17) is 21.1 Å². The van der Waals surface area contributed by atoms with Crippen LogP contribution >= 0.6 is 11.6 Å². The van der Waals surface area contributed by atoms with E-state index in [1.165, 1.54) is 22.9 Å². The summed E-state index contributed by atoms with van der Waals surface area (Å²) in [6.45, 7) is 10.4. The lowest BCUT2D eigenvalue weighted by Crippen LogP contribution is -2.41. The number of benzene rings is 3. The van der Waals surface area contributed by atoms with Gasteiger partial charge in [-0.25, -0.2) is 0 Å². The number of halogens is 1. The number of likely N-dealkylation sites (N-methyl/N-ethyl adjacent to an activating group) is 1. The molecule has 282 valence electrons. The smallest absolute Gasteiger partial charge is 0.142 e. The molecule has 1 aliphatic rings. The lowest BCUT2D eigenvalue weighted by atomic mass is 9.91. The predicted molar refractivity (Wildman–Crippen MR) is 211 cm³/mol. The van der Waals surface area contributed by atoms with Gasteiger partial charge in [-0.05, 0) is 66.4 Å². The molecule has 1 aliphatic heterocycles. The molecule has 0 atom stereocenters. The van der Waals surface area contributed by atoms with Crippen LogP contribution in [0.25, 0.3) is 11.1 Å². The van der Waals surface area contributed by atoms with Gasteiger partial charge < -0.3 is 29.5 Å². The molecular formula is C41H50ClN5O5S. The maximum absolute atomic E-state index is 11.7. The molecule has 1 fully saturated rings. The molecule has 53 heavy (non-hydrogen) atoms. The van der Waals surface area contributed by atoms with Gasteiger partial charge in [0.05, 0.1) is 23.8 Å². The normalized spacial score (nSPS) is 13.8. The van der Waals surface area contributed by atoms with Gasteiger partial charge in [-0.3, -0.25) is 14.1 Å². The fourth-order valence-electron chi connectivity index (χ4n) is 6.54. The molecule has 0 unspecified atom stereocenters. The predicted octanol–water partition coefficient (Wildman–Crippen LogP) is 5.33. The van der Waals surface area contributed by atoms with Gasteiger partial charge in [0.1, 0.15) is 30.8 Å². The topological polar surface area (TPSA) is 122 Å². The fraction of sp³-hybridized carbons (Fsp3) is 0.415. The molecule has 5 rings (SSSR count). The number of pyridine rings is 1. The zero-order valence-corrected chi connectivity index (χ0v) is 32.5. The first kappa shape index (κ1) is 40.3. The number of aliphatic hydroxyl groups excluding tert-OH is 2. The lowest BCUT2D eigenvalue weighted by Gasteiger charge is -2.28. The SMILES string of the molecule is Cc1c(COc2cc(OCc3cncc(C#N)c3)c(CN(CCO)CCO)cc2Cl)cccc1-c1cccc(CN(C)CCN2CCS(=O)CC2)c1C. The van der Waals surface area contributed by atoms with Crippen LogP contribution in [0.5, 0.6) is 11.5 Å². The Morgan fingerprint density at radius 2 is 1.53 bits per heavy atom. The molecule has 0 radical (unpaired) electrons. The second-order valence-electron chi connectivity index (χ2n) is 13.5. The van der Waals surface area contributed by atoms with Crippen molar-refractivity contribution in [3.63, 3.8) is 0 Å². The Kier molecular flexibility index (Phi) is 15.2. The van der Waals surface area contributed by atoms with Crippen LogP contribution in [0.3, 0.4) is 0 Å². The molecule has 2 heterocycles. The summed E-state index contributed by atoms with van der Waals surface area (Å²) in [5.74, 6) is 2.56. The minimum Gasteiger partial charge on any atom is -0.488 e. The van der Waals surface area contributed by atoms with E-state index in [9.17, 15) is 19.7 Å². The standard InChI is InChI=1S/C41H50ClN5O5S/c1-30-34(26-45(3)10-11-46-14-18-53(50)19-15-46)6-4-8-37(30)38-9-5-7-35(31(38)2)29-52-41-22-40(51-28-33-20-32(23-43)24-44-25-33)36(21-39(41)42)27-47(12-16-48)13-17-49/h4-9,20-22,24-25,48-49H,10-19,26-29H2,1-3H3. The van der Waals surface area contributed by atoms with E-state index < -0.39 is 10.8 Å². The van der Waals surface area contributed by atoms with Crippen LogP contribution in [-0.4, -0.2) is 105 Å². The van der Waals surface area contributed by atoms with Crippen LogP contribution in [0.15, 0.2) is 67.0 Å². The summed E-state index contributed by atoms with van der Waals surface area (Å²) in [7, 11) is 1.50. The van der Waals surface area contributed by atoms with Gasteiger partial charge in [0.15, 0.2) is 0 Å². The van der Waals surface area contributed by atoms with Crippen molar-refractivity contribution in [1.29, 1.82) is 5.26 Å². The van der Waals surface area contributed by atoms with E-state index in [1.807, 2.05) is 11.0 Å². The van der Waals surface area contributed by atoms with Gasteiger partial charge in [-0.1, -0.05) is 48.0 Å². The molecule has 0 amide bonds. The van der Waals surface area contributed by atoms with E-state index in [-0.39, 0.29) is 19.8 Å². The largest absolute Gasteiger partial charge is 0.488 e. The molecular weight excluding hydrogens is 710 g/mol. The maximum atomic E-state index is 11.7. The molecule has 4 aromatic rings. The maximum Gasteiger partial charge on any atom is 0.142 e. The van der Waals surface area contributed by atoms with E-state index in [0.29, 0.717) is 48.3 Å². The van der Waals surface area contributed by atoms with Crippen molar-refractivity contribution in [3.8, 4) is 28.7 Å². The van der Waals surface area contributed by atoms with E-state index in [0.717, 1.165) is 72.0 Å². The van der Waals surface area contributed by atoms with E-state index in [2.05, 4.69) is 78.1 Å². The number of aliphatic hydroxyl groups is 2. The molecule has 10 nitrogen and oxygen atoms in total. The highest BCUT2D eigenvalue weighted by Crippen LogP contribution is 2.36. The Morgan fingerprint density at radius 1 is 0.868 bits per heavy atom. The Morgan fingerprint density at radius 3 is 2.21 bits per heavy atom. The number of nitrogens with zero attached hydrogens (tertiary/aromatic N) is 5. The summed E-state index contributed by atoms with van der Waals surface area (Å²) in [5, 5.41) is 28.9. The number of nitriles is 1. The summed E-state index contributed by atoms with van der Waals surface area (Å²) >= 11 is 6.82. The molecule has 0 saturated carbocycles. The number of ether oxygens (including phenoxy) is 2. The van der Waals surface area contributed by atoms with Gasteiger partial charge in [-0.15, -0.1) is 0 Å². The molecule has 12 heteroatoms. The molecule has 1 saturated heterocycles. The first-order chi connectivity index (χ1) is 25.7. The average Bonchev–Trinajstić information content (AvgIpc) is 3.15. The first-order valence-electron chi connectivity index (χ1n) is 18.0. The van der Waals surface area contributed by atoms with Gasteiger partial charge in [-0.2, -0.15) is 5.26 Å². The highest BCUT2D eigenvalue weighted by atomic mass is 35.5. The van der Waals surface area contributed by atoms with Crippen LogP contribution < -0.4 is 9.47 Å². The third-order valence-corrected chi connectivity index (χ3v) is 11.3. The van der Waals surface area contributed by atoms with Crippen molar-refractivity contribution in [2.75, 3.05) is 71.0 Å². The average molecular weight is 760 g/mol. The number of rotatable bonds is 18. The summed E-state index contributed by atoms with van der Waals surface area (Å²) in [6, 6.07) is 20.2. The number of hydrogen-bond donors (Lipinski definition) is 2. The van der Waals surface area contributed by atoms with Gasteiger partial charge >= 0.3 is 0 Å². The first-order valence-corrected chi connectivity index (χ1v) is 19.8. The third-order valence-electron chi connectivity index (χ3n) is 9.73. The number of hydrogen-bond acceptors (Lipinski definition) is 10. The van der Waals surface area contributed by atoms with Crippen molar-refractivity contribution in [2.45, 2.75) is 40.2 Å². The highest BCUT2D eigenvalue weighted by Gasteiger charge is 2.18. The highest BCUT2D eigenvalue weighted by molar-refractivity contribution is 7.85. The second kappa shape index (κ2) is 20.0. The monoisotopic (exact) mass is 759 g/mol. The quantitative estimate of drug-likeness (QED) is 0.138. The fourth-order valence-corrected chi connectivity index (χ4v) is 7.91. The number of aromatic nitrogens is 1. The van der Waals surface area contributed by atoms with Crippen LogP contribution in [-0.2, 0) is 37.1 Å². The molecule has 0 bridgehead atoms. The zero-order valence-electron chi connectivity index (χ0n) is 30.9. The van der Waals surface area contributed by atoms with Crippen LogP contribution in [0.4, 0.5) is 0 Å². The van der Waals surface area contributed by atoms with Gasteiger partial charge in [0.25, 0.3) is 0 Å². The lowest BCUT2D eigenvalue weighted by molar-refractivity contribution is 0.154. The van der Waals surface area contributed by atoms with E-state index >= 15 is 0 Å². The van der Waals surface area contributed by atoms with Crippen molar-refractivity contribution >= 4 is 22.4 Å². The van der Waals surface area contributed by atoms with Gasteiger partial charge in [0.2, 0.25) is 0 Å². The van der Waals surface area contributed by atoms with Crippen LogP contribution in [0.2, 0.25) is 5.02 Å². The minimum absolute atomic E-state index is 0.0541.